The number of aromatic nitrogens is 3. The fourth-order valence-electron chi connectivity index (χ4n) is 2.74. The molecule has 0 saturated heterocycles. The lowest BCUT2D eigenvalue weighted by Crippen LogP contribution is -2.00. The first kappa shape index (κ1) is 16.2. The van der Waals surface area contributed by atoms with Gasteiger partial charge in [-0.05, 0) is 37.7 Å². The normalized spacial score (nSPS) is 11.3. The van der Waals surface area contributed by atoms with Crippen molar-refractivity contribution in [3.63, 3.8) is 0 Å². The van der Waals surface area contributed by atoms with Gasteiger partial charge in [-0.2, -0.15) is 0 Å². The average Bonchev–Trinajstić information content (AvgIpc) is 2.77. The van der Waals surface area contributed by atoms with Crippen molar-refractivity contribution in [2.24, 2.45) is 0 Å². The number of aromatic amines is 1. The largest absolute Gasteiger partial charge is 0.329 e. The zero-order chi connectivity index (χ0) is 15.1. The van der Waals surface area contributed by atoms with Crippen LogP contribution >= 0.6 is 12.2 Å². The predicted molar refractivity (Wildman–Crippen MR) is 92.3 cm³/mol. The van der Waals surface area contributed by atoms with Crippen molar-refractivity contribution < 1.29 is 0 Å². The molecule has 2 heterocycles. The quantitative estimate of drug-likeness (QED) is 0.487. The minimum atomic E-state index is 0.797. The van der Waals surface area contributed by atoms with Gasteiger partial charge >= 0.3 is 0 Å². The van der Waals surface area contributed by atoms with Gasteiger partial charge < -0.3 is 9.55 Å². The molecule has 21 heavy (non-hydrogen) atoms. The third-order valence-corrected chi connectivity index (χ3v) is 4.31. The maximum absolute atomic E-state index is 5.41. The predicted octanol–water partition coefficient (Wildman–Crippen LogP) is 5.54. The second kappa shape index (κ2) is 8.32. The van der Waals surface area contributed by atoms with Crippen LogP contribution in [-0.2, 0) is 6.54 Å². The zero-order valence-electron chi connectivity index (χ0n) is 13.3. The van der Waals surface area contributed by atoms with Crippen molar-refractivity contribution in [2.75, 3.05) is 0 Å². The monoisotopic (exact) mass is 305 g/mol. The molecule has 1 N–H and O–H groups in total. The summed E-state index contributed by atoms with van der Waals surface area (Å²) in [7, 11) is 0. The van der Waals surface area contributed by atoms with E-state index in [1.165, 1.54) is 51.4 Å². The molecule has 2 aromatic rings. The smallest absolute Gasteiger partial charge is 0.179 e. The Morgan fingerprint density at radius 1 is 1.05 bits per heavy atom. The van der Waals surface area contributed by atoms with E-state index in [0.717, 1.165) is 28.2 Å². The summed E-state index contributed by atoms with van der Waals surface area (Å²) in [5, 5.41) is 0. The number of hydrogen-bond acceptors (Lipinski definition) is 2. The van der Waals surface area contributed by atoms with E-state index in [0.29, 0.717) is 0 Å². The minimum Gasteiger partial charge on any atom is -0.329 e. The lowest BCUT2D eigenvalue weighted by Gasteiger charge is -2.05. The van der Waals surface area contributed by atoms with Gasteiger partial charge in [-0.15, -0.1) is 0 Å². The average molecular weight is 305 g/mol. The molecule has 0 fully saturated rings. The Kier molecular flexibility index (Phi) is 6.43. The number of fused-ring (bicyclic) bond motifs is 1. The van der Waals surface area contributed by atoms with Gasteiger partial charge in [0.25, 0.3) is 0 Å². The number of nitrogens with zero attached hydrogens (tertiary/aromatic N) is 2. The molecule has 2 rings (SSSR count). The number of H-pyrrole nitrogens is 1. The third kappa shape index (κ3) is 4.67. The zero-order valence-corrected chi connectivity index (χ0v) is 14.1. The number of pyridine rings is 1. The molecule has 0 radical (unpaired) electrons. The van der Waals surface area contributed by atoms with Crippen molar-refractivity contribution in [2.45, 2.75) is 71.8 Å². The second-order valence-electron chi connectivity index (χ2n) is 5.88. The highest BCUT2D eigenvalue weighted by Gasteiger charge is 2.05. The van der Waals surface area contributed by atoms with Crippen LogP contribution in [0.3, 0.4) is 0 Å². The van der Waals surface area contributed by atoms with E-state index in [9.17, 15) is 0 Å². The SMILES string of the molecule is CCCCCCCCCCn1c(=S)[nH]c2ccc(C)nc21. The molecule has 0 spiro atoms. The number of nitrogens with one attached hydrogen (secondary N) is 1. The fraction of sp³-hybridized carbons (Fsp3) is 0.647. The van der Waals surface area contributed by atoms with Gasteiger partial charge in [-0.3, -0.25) is 0 Å². The molecule has 116 valence electrons. The van der Waals surface area contributed by atoms with Crippen LogP contribution in [0, 0.1) is 11.7 Å². The van der Waals surface area contributed by atoms with Crippen LogP contribution in [0.5, 0.6) is 0 Å². The number of rotatable bonds is 9. The molecule has 3 nitrogen and oxygen atoms in total. The van der Waals surface area contributed by atoms with Crippen LogP contribution in [0.1, 0.15) is 64.0 Å². The topological polar surface area (TPSA) is 33.6 Å². The van der Waals surface area contributed by atoms with Gasteiger partial charge in [-0.25, -0.2) is 4.98 Å². The van der Waals surface area contributed by atoms with E-state index in [-0.39, 0.29) is 0 Å². The first-order valence-corrected chi connectivity index (χ1v) is 8.69. The maximum Gasteiger partial charge on any atom is 0.179 e. The summed E-state index contributed by atoms with van der Waals surface area (Å²) in [5.74, 6) is 0. The molecule has 0 atom stereocenters. The number of aryl methyl sites for hydroxylation is 2. The van der Waals surface area contributed by atoms with Gasteiger partial charge in [0.1, 0.15) is 0 Å². The Balaban J connectivity index is 1.80. The van der Waals surface area contributed by atoms with E-state index in [4.69, 9.17) is 12.2 Å². The van der Waals surface area contributed by atoms with Crippen molar-refractivity contribution in [1.82, 2.24) is 14.5 Å². The lowest BCUT2D eigenvalue weighted by molar-refractivity contribution is 0.545. The van der Waals surface area contributed by atoms with Gasteiger partial charge in [-0.1, -0.05) is 51.9 Å². The molecule has 0 aliphatic heterocycles. The van der Waals surface area contributed by atoms with Crippen molar-refractivity contribution in [3.8, 4) is 0 Å². The van der Waals surface area contributed by atoms with E-state index in [1.807, 2.05) is 13.0 Å². The summed E-state index contributed by atoms with van der Waals surface area (Å²) in [5.41, 5.74) is 3.09. The molecule has 0 saturated carbocycles. The molecular formula is C17H27N3S. The summed E-state index contributed by atoms with van der Waals surface area (Å²) in [6.45, 7) is 5.26. The minimum absolute atomic E-state index is 0.797. The first-order chi connectivity index (χ1) is 10.2. The van der Waals surface area contributed by atoms with Gasteiger partial charge in [0.05, 0.1) is 5.52 Å². The van der Waals surface area contributed by atoms with Crippen LogP contribution in [-0.4, -0.2) is 14.5 Å². The summed E-state index contributed by atoms with van der Waals surface area (Å²) >= 11 is 5.41. The summed E-state index contributed by atoms with van der Waals surface area (Å²) in [6, 6.07) is 4.09. The molecule has 2 aromatic heterocycles. The van der Waals surface area contributed by atoms with Crippen molar-refractivity contribution >= 4 is 23.4 Å². The Bertz CT molecular complexity index is 612. The van der Waals surface area contributed by atoms with Crippen molar-refractivity contribution in [1.29, 1.82) is 0 Å². The fourth-order valence-corrected chi connectivity index (χ4v) is 3.02. The molecule has 0 bridgehead atoms. The number of unbranched alkanes of at least 4 members (excludes halogenated alkanes) is 7. The number of hydrogen-bond donors (Lipinski definition) is 1. The van der Waals surface area contributed by atoms with Gasteiger partial charge in [0, 0.05) is 12.2 Å². The summed E-state index contributed by atoms with van der Waals surface area (Å²) in [4.78, 5) is 7.86. The van der Waals surface area contributed by atoms with Crippen molar-refractivity contribution in [3.05, 3.63) is 22.6 Å². The van der Waals surface area contributed by atoms with Gasteiger partial charge in [0.15, 0.2) is 10.4 Å². The number of imidazole rings is 1. The summed E-state index contributed by atoms with van der Waals surface area (Å²) in [6.07, 6.45) is 10.7. The highest BCUT2D eigenvalue weighted by molar-refractivity contribution is 7.71. The van der Waals surface area contributed by atoms with Crippen LogP contribution in [0.4, 0.5) is 0 Å². The molecule has 0 aliphatic rings. The highest BCUT2D eigenvalue weighted by atomic mass is 32.1. The van der Waals surface area contributed by atoms with E-state index in [1.54, 1.807) is 0 Å². The highest BCUT2D eigenvalue weighted by Crippen LogP contribution is 2.14. The molecular weight excluding hydrogens is 278 g/mol. The standard InChI is InChI=1S/C17H27N3S/c1-3-4-5-6-7-8-9-10-13-20-16-15(19-17(20)21)12-11-14(2)18-16/h11-12H,3-10,13H2,1-2H3,(H,19,21). The third-order valence-electron chi connectivity index (χ3n) is 3.99. The molecule has 4 heteroatoms. The Morgan fingerprint density at radius 2 is 1.71 bits per heavy atom. The van der Waals surface area contributed by atoms with Crippen LogP contribution < -0.4 is 0 Å². The van der Waals surface area contributed by atoms with Crippen LogP contribution in [0.25, 0.3) is 11.2 Å². The molecule has 0 amide bonds. The van der Waals surface area contributed by atoms with Gasteiger partial charge in [0.2, 0.25) is 0 Å². The second-order valence-corrected chi connectivity index (χ2v) is 6.27. The molecule has 0 aromatic carbocycles. The Hall–Kier alpha value is -1.16. The van der Waals surface area contributed by atoms with Crippen LogP contribution in [0.2, 0.25) is 0 Å². The Morgan fingerprint density at radius 3 is 2.43 bits per heavy atom. The van der Waals surface area contributed by atoms with E-state index in [2.05, 4.69) is 27.5 Å². The first-order valence-electron chi connectivity index (χ1n) is 8.28. The van der Waals surface area contributed by atoms with E-state index >= 15 is 0 Å². The molecule has 0 unspecified atom stereocenters. The van der Waals surface area contributed by atoms with Crippen LogP contribution in [0.15, 0.2) is 12.1 Å². The molecule has 0 aliphatic carbocycles. The maximum atomic E-state index is 5.41. The summed E-state index contributed by atoms with van der Waals surface area (Å²) < 4.78 is 2.94. The van der Waals surface area contributed by atoms with E-state index < -0.39 is 0 Å². The Labute approximate surface area is 132 Å². The lowest BCUT2D eigenvalue weighted by atomic mass is 10.1.